The molecule has 1 amide bonds. The Bertz CT molecular complexity index is 1520. The summed E-state index contributed by atoms with van der Waals surface area (Å²) < 4.78 is 17.7. The monoisotopic (exact) mass is 1160 g/mol. The van der Waals surface area contributed by atoms with Crippen molar-refractivity contribution in [2.24, 2.45) is 0 Å². The second-order valence-corrected chi connectivity index (χ2v) is 24.3. The molecule has 0 bridgehead atoms. The Morgan fingerprint density at radius 3 is 1.28 bits per heavy atom. The summed E-state index contributed by atoms with van der Waals surface area (Å²) in [4.78, 5) is 26.6. The first kappa shape index (κ1) is 77.6. The summed E-state index contributed by atoms with van der Waals surface area (Å²) in [6.07, 6.45) is 62.9. The minimum absolute atomic E-state index is 0.128. The van der Waals surface area contributed by atoms with E-state index in [0.717, 1.165) is 77.0 Å². The first-order valence-electron chi connectivity index (χ1n) is 34.9. The minimum Gasteiger partial charge on any atom is -0.454 e. The van der Waals surface area contributed by atoms with E-state index >= 15 is 0 Å². The van der Waals surface area contributed by atoms with E-state index in [9.17, 15) is 35.1 Å². The summed E-state index contributed by atoms with van der Waals surface area (Å²) in [6, 6.07) is -1.02. The summed E-state index contributed by atoms with van der Waals surface area (Å²) in [5.41, 5.74) is 0. The highest BCUT2D eigenvalue weighted by Gasteiger charge is 2.47. The first-order valence-corrected chi connectivity index (χ1v) is 34.9. The number of hydrogen-bond acceptors (Lipinski definition) is 10. The molecular formula is C71H131NO10. The molecule has 1 aliphatic heterocycles. The summed E-state index contributed by atoms with van der Waals surface area (Å²) in [5.74, 6) is -1.18. The fraction of sp³-hybridized carbons (Fsp3) is 0.859. The Labute approximate surface area is 504 Å². The molecule has 0 aromatic carbocycles. The van der Waals surface area contributed by atoms with Gasteiger partial charge in [-0.25, -0.2) is 0 Å². The van der Waals surface area contributed by atoms with Crippen LogP contribution in [0.3, 0.4) is 0 Å². The number of hydrogen-bond donors (Lipinski definition) is 6. The van der Waals surface area contributed by atoms with Crippen molar-refractivity contribution >= 4 is 11.9 Å². The van der Waals surface area contributed by atoms with E-state index in [1.165, 1.54) is 205 Å². The number of aliphatic hydroxyl groups is 5. The number of aliphatic hydroxyl groups excluding tert-OH is 5. The van der Waals surface area contributed by atoms with Gasteiger partial charge in [0.2, 0.25) is 5.91 Å². The van der Waals surface area contributed by atoms with Crippen LogP contribution in [0, 0.1) is 0 Å². The summed E-state index contributed by atoms with van der Waals surface area (Å²) in [5, 5.41) is 57.2. The van der Waals surface area contributed by atoms with E-state index in [-0.39, 0.29) is 19.4 Å². The lowest BCUT2D eigenvalue weighted by molar-refractivity contribution is -0.305. The molecule has 82 heavy (non-hydrogen) atoms. The van der Waals surface area contributed by atoms with E-state index in [0.29, 0.717) is 12.8 Å². The van der Waals surface area contributed by atoms with Gasteiger partial charge in [-0.3, -0.25) is 9.59 Å². The third kappa shape index (κ3) is 45.9. The summed E-state index contributed by atoms with van der Waals surface area (Å²) in [7, 11) is 0. The zero-order valence-corrected chi connectivity index (χ0v) is 53.4. The number of unbranched alkanes of at least 4 members (excludes halogenated alkanes) is 40. The lowest BCUT2D eigenvalue weighted by Crippen LogP contribution is -2.61. The van der Waals surface area contributed by atoms with Crippen molar-refractivity contribution in [2.45, 2.75) is 378 Å². The highest BCUT2D eigenvalue weighted by atomic mass is 16.7. The maximum Gasteiger partial charge on any atom is 0.306 e. The van der Waals surface area contributed by atoms with Crippen LogP contribution in [0.15, 0.2) is 48.6 Å². The SMILES string of the molecule is CCCCC/C=C\C/C=C\C/C=C\CCCCCCCCCCCCCC(O)C(=O)NC(COC1OC(CO)C(O)C(O)C1OC(=O)CCCCCCCCCCCCCCCCCCC)C(O)/C=C/CCCCCCCCCCCC. The average Bonchev–Trinajstić information content (AvgIpc) is 3.68. The average molecular weight is 1160 g/mol. The van der Waals surface area contributed by atoms with Crippen LogP contribution in [-0.4, -0.2) is 99.6 Å². The number of carbonyl (C=O) groups excluding carboxylic acids is 2. The van der Waals surface area contributed by atoms with Gasteiger partial charge in [-0.2, -0.15) is 0 Å². The van der Waals surface area contributed by atoms with Crippen molar-refractivity contribution in [2.75, 3.05) is 13.2 Å². The van der Waals surface area contributed by atoms with Gasteiger partial charge in [0.1, 0.15) is 24.4 Å². The van der Waals surface area contributed by atoms with Crippen molar-refractivity contribution in [3.05, 3.63) is 48.6 Å². The van der Waals surface area contributed by atoms with Crippen molar-refractivity contribution in [3.8, 4) is 0 Å². The van der Waals surface area contributed by atoms with Crippen LogP contribution in [0.2, 0.25) is 0 Å². The number of amides is 1. The van der Waals surface area contributed by atoms with Crippen molar-refractivity contribution in [1.29, 1.82) is 0 Å². The van der Waals surface area contributed by atoms with E-state index in [1.54, 1.807) is 6.08 Å². The summed E-state index contributed by atoms with van der Waals surface area (Å²) >= 11 is 0. The normalized spacial score (nSPS) is 18.9. The van der Waals surface area contributed by atoms with E-state index < -0.39 is 67.4 Å². The maximum atomic E-state index is 13.5. The van der Waals surface area contributed by atoms with E-state index in [4.69, 9.17) is 14.2 Å². The Balaban J connectivity index is 2.58. The Morgan fingerprint density at radius 2 is 0.841 bits per heavy atom. The van der Waals surface area contributed by atoms with Crippen molar-refractivity contribution in [3.63, 3.8) is 0 Å². The molecule has 1 heterocycles. The molecule has 11 heteroatoms. The van der Waals surface area contributed by atoms with Crippen LogP contribution in [0.25, 0.3) is 0 Å². The van der Waals surface area contributed by atoms with Crippen LogP contribution in [-0.2, 0) is 23.8 Å². The van der Waals surface area contributed by atoms with Gasteiger partial charge >= 0.3 is 5.97 Å². The molecule has 1 fully saturated rings. The largest absolute Gasteiger partial charge is 0.454 e. The quantitative estimate of drug-likeness (QED) is 0.0195. The molecule has 0 aliphatic carbocycles. The number of rotatable bonds is 60. The van der Waals surface area contributed by atoms with Crippen LogP contribution in [0.4, 0.5) is 0 Å². The molecule has 0 aromatic rings. The molecule has 0 spiro atoms. The highest BCUT2D eigenvalue weighted by Crippen LogP contribution is 2.26. The fourth-order valence-electron chi connectivity index (χ4n) is 11.0. The van der Waals surface area contributed by atoms with Crippen molar-refractivity contribution in [1.82, 2.24) is 5.32 Å². The summed E-state index contributed by atoms with van der Waals surface area (Å²) in [6.45, 7) is 5.80. The molecule has 11 nitrogen and oxygen atoms in total. The highest BCUT2D eigenvalue weighted by molar-refractivity contribution is 5.80. The third-order valence-corrected chi connectivity index (χ3v) is 16.5. The van der Waals surface area contributed by atoms with Crippen LogP contribution >= 0.6 is 0 Å². The number of esters is 1. The molecule has 6 N–H and O–H groups in total. The van der Waals surface area contributed by atoms with Crippen molar-refractivity contribution < 1.29 is 49.3 Å². The third-order valence-electron chi connectivity index (χ3n) is 16.5. The zero-order valence-electron chi connectivity index (χ0n) is 53.4. The molecule has 480 valence electrons. The molecule has 1 aliphatic rings. The number of ether oxygens (including phenoxy) is 3. The van der Waals surface area contributed by atoms with Gasteiger partial charge in [-0.05, 0) is 64.2 Å². The smallest absolute Gasteiger partial charge is 0.306 e. The molecule has 8 unspecified atom stereocenters. The second-order valence-electron chi connectivity index (χ2n) is 24.3. The minimum atomic E-state index is -1.61. The van der Waals surface area contributed by atoms with E-state index in [1.807, 2.05) is 6.08 Å². The first-order chi connectivity index (χ1) is 40.2. The van der Waals surface area contributed by atoms with Gasteiger partial charge in [-0.1, -0.05) is 307 Å². The van der Waals surface area contributed by atoms with Gasteiger partial charge < -0.3 is 45.1 Å². The fourth-order valence-corrected chi connectivity index (χ4v) is 11.0. The molecule has 8 atom stereocenters. The van der Waals surface area contributed by atoms with Gasteiger partial charge in [0.05, 0.1) is 25.4 Å². The molecule has 0 radical (unpaired) electrons. The lowest BCUT2D eigenvalue weighted by Gasteiger charge is -2.41. The molecule has 1 saturated heterocycles. The maximum absolute atomic E-state index is 13.5. The van der Waals surface area contributed by atoms with Crippen LogP contribution in [0.5, 0.6) is 0 Å². The molecular weight excluding hydrogens is 1030 g/mol. The predicted molar refractivity (Wildman–Crippen MR) is 343 cm³/mol. The molecule has 0 aromatic heterocycles. The van der Waals surface area contributed by atoms with Gasteiger partial charge in [0, 0.05) is 6.42 Å². The van der Waals surface area contributed by atoms with Crippen LogP contribution in [0.1, 0.15) is 329 Å². The Hall–Kier alpha value is -2.38. The molecule has 1 rings (SSSR count). The van der Waals surface area contributed by atoms with E-state index in [2.05, 4.69) is 62.5 Å². The number of carbonyl (C=O) groups is 2. The topological polar surface area (TPSA) is 175 Å². The van der Waals surface area contributed by atoms with Gasteiger partial charge in [0.25, 0.3) is 0 Å². The zero-order chi connectivity index (χ0) is 59.6. The Kier molecular flexibility index (Phi) is 55.8. The van der Waals surface area contributed by atoms with Crippen LogP contribution < -0.4 is 5.32 Å². The van der Waals surface area contributed by atoms with Gasteiger partial charge in [-0.15, -0.1) is 0 Å². The second kappa shape index (κ2) is 59.0. The number of nitrogens with one attached hydrogen (secondary N) is 1. The molecule has 0 saturated carbocycles. The lowest BCUT2D eigenvalue weighted by atomic mass is 9.99. The number of allylic oxidation sites excluding steroid dienone is 7. The Morgan fingerprint density at radius 1 is 0.476 bits per heavy atom. The predicted octanol–water partition coefficient (Wildman–Crippen LogP) is 17.6. The van der Waals surface area contributed by atoms with Gasteiger partial charge in [0.15, 0.2) is 12.4 Å². The standard InChI is InChI=1S/C71H131NO10/c1-4-7-10-13-16-19-22-25-27-29-30-31-32-33-34-35-37-38-40-43-46-49-52-55-58-64(75)70(79)72-62(63(74)57-54-51-48-45-42-24-21-18-15-12-9-6-3)61-80-71-69(68(78)67(77)65(60-73)81-71)82-66(76)59-56-53-50-47-44-41-39-36-28-26-23-20-17-14-11-8-5-2/h16,19,25,27,30-31,54,57,62-65,67-69,71,73-75,77-78H,4-15,17-18,20-24,26,28-29,32-53,55-56,58-61H2,1-3H3,(H,72,79)/b19-16-,27-25-,31-30-,57-54+.